The van der Waals surface area contributed by atoms with Crippen LogP contribution in [0.15, 0.2) is 23.0 Å². The molecular formula is C27H34O9. The van der Waals surface area contributed by atoms with Gasteiger partial charge < -0.3 is 28.8 Å². The van der Waals surface area contributed by atoms with Crippen LogP contribution in [0.25, 0.3) is 0 Å². The van der Waals surface area contributed by atoms with E-state index >= 15 is 0 Å². The van der Waals surface area contributed by atoms with Gasteiger partial charge in [0.25, 0.3) is 0 Å². The lowest BCUT2D eigenvalue weighted by Crippen LogP contribution is -2.84. The second-order valence-corrected chi connectivity index (χ2v) is 12.6. The number of carbonyl (C=O) groups excluding carboxylic acids is 3. The van der Waals surface area contributed by atoms with Crippen LogP contribution in [0, 0.1) is 28.1 Å². The van der Waals surface area contributed by atoms with Crippen LogP contribution in [0.4, 0.5) is 0 Å². The lowest BCUT2D eigenvalue weighted by atomic mass is 9.35. The molecule has 1 aromatic heterocycles. The Kier molecular flexibility index (Phi) is 4.55. The summed E-state index contributed by atoms with van der Waals surface area (Å²) in [5.41, 5.74) is -7.76. The highest BCUT2D eigenvalue weighted by Crippen LogP contribution is 2.78. The molecule has 2 aliphatic heterocycles. The Labute approximate surface area is 209 Å². The van der Waals surface area contributed by atoms with Crippen molar-refractivity contribution in [1.29, 1.82) is 0 Å². The van der Waals surface area contributed by atoms with Crippen LogP contribution in [0.5, 0.6) is 0 Å². The number of Topliss-reactive ketones (excluding diaryl/α,β-unsaturated/α-hetero) is 1. The van der Waals surface area contributed by atoms with E-state index in [-0.39, 0.29) is 37.9 Å². The first-order valence-electron chi connectivity index (χ1n) is 12.7. The number of hydrogen-bond acceptors (Lipinski definition) is 9. The molecule has 9 atom stereocenters. The van der Waals surface area contributed by atoms with Gasteiger partial charge in [0.1, 0.15) is 28.7 Å². The fraction of sp³-hybridized carbons (Fsp3) is 0.741. The molecule has 1 aromatic rings. The second-order valence-electron chi connectivity index (χ2n) is 12.6. The lowest BCUT2D eigenvalue weighted by molar-refractivity contribution is -0.358. The maximum Gasteiger partial charge on any atom is 0.309 e. The minimum absolute atomic E-state index is 0.0634. The van der Waals surface area contributed by atoms with Crippen molar-refractivity contribution in [3.8, 4) is 0 Å². The molecule has 0 amide bonds. The van der Waals surface area contributed by atoms with Gasteiger partial charge >= 0.3 is 11.9 Å². The van der Waals surface area contributed by atoms with Gasteiger partial charge in [-0.25, -0.2) is 0 Å². The summed E-state index contributed by atoms with van der Waals surface area (Å²) in [5, 5.41) is 25.5. The van der Waals surface area contributed by atoms with Gasteiger partial charge in [-0.1, -0.05) is 20.8 Å². The zero-order valence-corrected chi connectivity index (χ0v) is 21.3. The minimum Gasteiger partial charge on any atom is -0.472 e. The summed E-state index contributed by atoms with van der Waals surface area (Å²) in [6.07, 6.45) is 1.60. The SMILES string of the molecule is COC(=O)C[C@H]1C(C)(C)[C@@H]2O[C@@]34C[C@H]2C(=O)[C@]1(C)[C@@]3(O)CC[C@@]1(C)[C@H](c2ccoc2)OC(=O)C[C@@]41O. The first kappa shape index (κ1) is 24.1. The van der Waals surface area contributed by atoms with E-state index in [1.807, 2.05) is 20.8 Å². The number of esters is 2. The third kappa shape index (κ3) is 2.28. The van der Waals surface area contributed by atoms with Crippen LogP contribution in [0.3, 0.4) is 0 Å². The molecule has 3 bridgehead atoms. The number of hydrogen-bond donors (Lipinski definition) is 2. The molecule has 1 spiro atoms. The van der Waals surface area contributed by atoms with E-state index < -0.39 is 69.0 Å². The first-order valence-corrected chi connectivity index (χ1v) is 12.7. The van der Waals surface area contributed by atoms with E-state index in [0.717, 1.165) is 0 Å². The molecule has 2 saturated heterocycles. The predicted octanol–water partition coefficient (Wildman–Crippen LogP) is 2.48. The van der Waals surface area contributed by atoms with Crippen LogP contribution in [0.2, 0.25) is 0 Å². The van der Waals surface area contributed by atoms with Crippen LogP contribution in [-0.2, 0) is 28.6 Å². The Morgan fingerprint density at radius 2 is 1.86 bits per heavy atom. The number of carbonyl (C=O) groups is 3. The molecule has 9 nitrogen and oxygen atoms in total. The van der Waals surface area contributed by atoms with E-state index in [1.54, 1.807) is 13.0 Å². The fourth-order valence-electron chi connectivity index (χ4n) is 9.30. The minimum atomic E-state index is -1.84. The Bertz CT molecular complexity index is 1160. The molecule has 6 rings (SSSR count). The molecule has 36 heavy (non-hydrogen) atoms. The van der Waals surface area contributed by atoms with Crippen LogP contribution < -0.4 is 0 Å². The summed E-state index contributed by atoms with van der Waals surface area (Å²) in [5.74, 6) is -2.39. The molecule has 2 N–H and O–H groups in total. The lowest BCUT2D eigenvalue weighted by Gasteiger charge is -2.71. The quantitative estimate of drug-likeness (QED) is 0.598. The largest absolute Gasteiger partial charge is 0.472 e. The summed E-state index contributed by atoms with van der Waals surface area (Å²) >= 11 is 0. The van der Waals surface area contributed by atoms with Gasteiger partial charge in [0.05, 0.1) is 37.6 Å². The number of ether oxygens (including phenoxy) is 3. The highest BCUT2D eigenvalue weighted by Gasteiger charge is 2.89. The predicted molar refractivity (Wildman–Crippen MR) is 122 cm³/mol. The molecule has 9 heteroatoms. The van der Waals surface area contributed by atoms with Gasteiger partial charge in [0, 0.05) is 23.3 Å². The third-order valence-corrected chi connectivity index (χ3v) is 11.2. The van der Waals surface area contributed by atoms with Crippen molar-refractivity contribution in [2.45, 2.75) is 88.8 Å². The van der Waals surface area contributed by atoms with Crippen LogP contribution in [-0.4, -0.2) is 58.0 Å². The summed E-state index contributed by atoms with van der Waals surface area (Å²) < 4.78 is 22.9. The standard InChI is InChI=1S/C27H34O9/c1-22(2)16(10-17(28)33-5)24(4)19(30)15-11-27(36-21(15)22)25(24,31)8-7-23(3)20(14-6-9-34-13-14)35-18(29)12-26(23,27)32/h6,9,13,15-16,20-21,31-32H,7-8,10-12H2,1-5H3/t15-,16-,20-,21+,23-,24+,25-,26-,27-/m0/s1. The average Bonchev–Trinajstić information content (AvgIpc) is 3.48. The smallest absolute Gasteiger partial charge is 0.309 e. The maximum atomic E-state index is 14.1. The van der Waals surface area contributed by atoms with Crippen molar-refractivity contribution in [2.24, 2.45) is 28.1 Å². The molecule has 3 saturated carbocycles. The average molecular weight is 503 g/mol. The molecule has 5 fully saturated rings. The zero-order valence-electron chi connectivity index (χ0n) is 21.3. The van der Waals surface area contributed by atoms with Crippen molar-refractivity contribution in [1.82, 2.24) is 0 Å². The molecule has 0 aromatic carbocycles. The van der Waals surface area contributed by atoms with E-state index in [9.17, 15) is 24.6 Å². The van der Waals surface area contributed by atoms with Crippen molar-refractivity contribution < 1.29 is 43.2 Å². The number of fused-ring (bicyclic) bond motifs is 3. The zero-order chi connectivity index (χ0) is 26.1. The fourth-order valence-corrected chi connectivity index (χ4v) is 9.30. The topological polar surface area (TPSA) is 132 Å². The Morgan fingerprint density at radius 1 is 1.14 bits per heavy atom. The van der Waals surface area contributed by atoms with Crippen molar-refractivity contribution >= 4 is 17.7 Å². The number of furan rings is 1. The molecule has 3 heterocycles. The summed E-state index contributed by atoms with van der Waals surface area (Å²) in [4.78, 5) is 39.7. The second kappa shape index (κ2) is 6.79. The highest BCUT2D eigenvalue weighted by atomic mass is 16.6. The van der Waals surface area contributed by atoms with Gasteiger partial charge in [-0.3, -0.25) is 14.4 Å². The van der Waals surface area contributed by atoms with Crippen molar-refractivity contribution in [3.63, 3.8) is 0 Å². The van der Waals surface area contributed by atoms with Gasteiger partial charge in [-0.05, 0) is 43.6 Å². The van der Waals surface area contributed by atoms with Crippen molar-refractivity contribution in [3.05, 3.63) is 24.2 Å². The molecule has 0 unspecified atom stereocenters. The molecule has 5 aliphatic rings. The number of methoxy groups -OCH3 is 1. The highest BCUT2D eigenvalue weighted by molar-refractivity contribution is 5.93. The van der Waals surface area contributed by atoms with Gasteiger partial charge in [-0.15, -0.1) is 0 Å². The molecule has 196 valence electrons. The molecular weight excluding hydrogens is 468 g/mol. The van der Waals surface area contributed by atoms with E-state index in [2.05, 4.69) is 0 Å². The third-order valence-electron chi connectivity index (χ3n) is 11.2. The van der Waals surface area contributed by atoms with Gasteiger partial charge in [0.2, 0.25) is 0 Å². The summed E-state index contributed by atoms with van der Waals surface area (Å²) in [7, 11) is 1.30. The van der Waals surface area contributed by atoms with Crippen LogP contribution in [0.1, 0.15) is 71.5 Å². The van der Waals surface area contributed by atoms with E-state index in [1.165, 1.54) is 19.6 Å². The van der Waals surface area contributed by atoms with E-state index in [0.29, 0.717) is 5.56 Å². The Morgan fingerprint density at radius 3 is 2.50 bits per heavy atom. The van der Waals surface area contributed by atoms with E-state index in [4.69, 9.17) is 18.6 Å². The van der Waals surface area contributed by atoms with Gasteiger partial charge in [0.15, 0.2) is 0 Å². The summed E-state index contributed by atoms with van der Waals surface area (Å²) in [6, 6.07) is 1.70. The number of rotatable bonds is 3. The van der Waals surface area contributed by atoms with Crippen LogP contribution >= 0.6 is 0 Å². The summed E-state index contributed by atoms with van der Waals surface area (Å²) in [6.45, 7) is 7.49. The molecule has 0 radical (unpaired) electrons. The maximum absolute atomic E-state index is 14.1. The number of ketones is 1. The first-order chi connectivity index (χ1) is 16.7. The Balaban J connectivity index is 1.58. The number of aliphatic hydroxyl groups is 2. The van der Waals surface area contributed by atoms with Gasteiger partial charge in [-0.2, -0.15) is 0 Å². The molecule has 3 aliphatic carbocycles. The normalized spacial score (nSPS) is 50.3. The number of cyclic esters (lactones) is 1. The monoisotopic (exact) mass is 502 g/mol. The Hall–Kier alpha value is -2.23. The van der Waals surface area contributed by atoms with Crippen molar-refractivity contribution in [2.75, 3.05) is 7.11 Å².